The maximum atomic E-state index is 11.6. The van der Waals surface area contributed by atoms with Gasteiger partial charge in [0, 0.05) is 19.9 Å². The molecule has 0 unspecified atom stereocenters. The number of nitrogens with two attached hydrogens (primary N) is 1. The molecule has 0 aliphatic carbocycles. The van der Waals surface area contributed by atoms with Crippen molar-refractivity contribution in [2.24, 2.45) is 0 Å². The highest BCUT2D eigenvalue weighted by Gasteiger charge is 2.16. The van der Waals surface area contributed by atoms with Crippen LogP contribution in [0.4, 0.5) is 5.13 Å². The van der Waals surface area contributed by atoms with Crippen molar-refractivity contribution in [1.82, 2.24) is 10.3 Å². The van der Waals surface area contributed by atoms with Crippen LogP contribution >= 0.6 is 11.3 Å². The van der Waals surface area contributed by atoms with Crippen LogP contribution in [0.15, 0.2) is 0 Å². The number of thiazole rings is 1. The monoisotopic (exact) mass is 281 g/mol. The number of rotatable bonds is 4. The van der Waals surface area contributed by atoms with Gasteiger partial charge in [-0.05, 0) is 6.92 Å². The van der Waals surface area contributed by atoms with Crippen LogP contribution in [0.1, 0.15) is 35.6 Å². The molecule has 0 atom stereocenters. The van der Waals surface area contributed by atoms with Crippen LogP contribution in [0.2, 0.25) is 0 Å². The molecule has 0 saturated carbocycles. The van der Waals surface area contributed by atoms with Crippen molar-refractivity contribution >= 4 is 28.3 Å². The molecular weight excluding hydrogens is 266 g/mol. The second kappa shape index (κ2) is 7.38. The summed E-state index contributed by atoms with van der Waals surface area (Å²) >= 11 is 1.14. The van der Waals surface area contributed by atoms with Crippen LogP contribution in [0.5, 0.6) is 0 Å². The number of carbonyl (C=O) groups is 2. The molecular formula is C12H15N3O3S. The molecule has 1 rings (SSSR count). The van der Waals surface area contributed by atoms with Gasteiger partial charge in [0.15, 0.2) is 10.8 Å². The van der Waals surface area contributed by atoms with Crippen molar-refractivity contribution in [2.45, 2.75) is 20.3 Å². The van der Waals surface area contributed by atoms with Crippen LogP contribution in [0.25, 0.3) is 0 Å². The molecule has 1 amide bonds. The Morgan fingerprint density at radius 2 is 2.26 bits per heavy atom. The summed E-state index contributed by atoms with van der Waals surface area (Å²) in [6.45, 7) is 3.89. The number of hydrogen-bond acceptors (Lipinski definition) is 6. The van der Waals surface area contributed by atoms with E-state index >= 15 is 0 Å². The smallest absolute Gasteiger partial charge is 0.359 e. The molecule has 1 heterocycles. The lowest BCUT2D eigenvalue weighted by Crippen LogP contribution is -2.20. The van der Waals surface area contributed by atoms with Gasteiger partial charge in [-0.15, -0.1) is 0 Å². The van der Waals surface area contributed by atoms with Gasteiger partial charge in [0.2, 0.25) is 5.91 Å². The maximum Gasteiger partial charge on any atom is 0.359 e. The number of aromatic nitrogens is 1. The molecule has 1 aromatic heterocycles. The Labute approximate surface area is 115 Å². The van der Waals surface area contributed by atoms with Crippen molar-refractivity contribution in [3.63, 3.8) is 0 Å². The van der Waals surface area contributed by atoms with Crippen molar-refractivity contribution < 1.29 is 14.3 Å². The second-order valence-electron chi connectivity index (χ2n) is 3.49. The van der Waals surface area contributed by atoms with E-state index in [0.29, 0.717) is 17.8 Å². The van der Waals surface area contributed by atoms with E-state index in [9.17, 15) is 9.59 Å². The fourth-order valence-electron chi connectivity index (χ4n) is 1.20. The van der Waals surface area contributed by atoms with E-state index in [0.717, 1.165) is 11.3 Å². The number of nitrogen functional groups attached to an aromatic ring is 1. The van der Waals surface area contributed by atoms with E-state index in [2.05, 4.69) is 22.1 Å². The van der Waals surface area contributed by atoms with Crippen molar-refractivity contribution in [1.29, 1.82) is 0 Å². The highest BCUT2D eigenvalue weighted by molar-refractivity contribution is 7.16. The van der Waals surface area contributed by atoms with Gasteiger partial charge in [0.1, 0.15) is 4.88 Å². The van der Waals surface area contributed by atoms with E-state index < -0.39 is 5.97 Å². The SMILES string of the molecule is CCOC(=O)c1nc(N)sc1C#CCCNC(C)=O. The van der Waals surface area contributed by atoms with Gasteiger partial charge in [-0.3, -0.25) is 4.79 Å². The number of hydrogen-bond donors (Lipinski definition) is 2. The van der Waals surface area contributed by atoms with Gasteiger partial charge >= 0.3 is 5.97 Å². The molecule has 3 N–H and O–H groups in total. The summed E-state index contributed by atoms with van der Waals surface area (Å²) in [6, 6.07) is 0. The number of esters is 1. The van der Waals surface area contributed by atoms with Crippen LogP contribution in [0.3, 0.4) is 0 Å². The van der Waals surface area contributed by atoms with Gasteiger partial charge in [-0.25, -0.2) is 9.78 Å². The minimum atomic E-state index is -0.526. The molecule has 6 nitrogen and oxygen atoms in total. The molecule has 0 aromatic carbocycles. The van der Waals surface area contributed by atoms with Gasteiger partial charge < -0.3 is 15.8 Å². The second-order valence-corrected chi connectivity index (χ2v) is 4.52. The Kier molecular flexibility index (Phi) is 5.82. The molecule has 0 spiro atoms. The average Bonchev–Trinajstić information content (AvgIpc) is 2.70. The van der Waals surface area contributed by atoms with E-state index in [1.54, 1.807) is 6.92 Å². The summed E-state index contributed by atoms with van der Waals surface area (Å²) < 4.78 is 4.87. The first-order valence-electron chi connectivity index (χ1n) is 5.71. The zero-order chi connectivity index (χ0) is 14.3. The van der Waals surface area contributed by atoms with Gasteiger partial charge in [-0.2, -0.15) is 0 Å². The first kappa shape index (κ1) is 15.0. The normalized spacial score (nSPS) is 9.37. The van der Waals surface area contributed by atoms with Gasteiger partial charge in [-0.1, -0.05) is 23.2 Å². The zero-order valence-corrected chi connectivity index (χ0v) is 11.6. The molecule has 1 aromatic rings. The summed E-state index contributed by atoms with van der Waals surface area (Å²) in [7, 11) is 0. The molecule has 0 aliphatic heterocycles. The lowest BCUT2D eigenvalue weighted by molar-refractivity contribution is -0.118. The first-order chi connectivity index (χ1) is 9.04. The Bertz CT molecular complexity index is 528. The zero-order valence-electron chi connectivity index (χ0n) is 10.8. The van der Waals surface area contributed by atoms with E-state index in [4.69, 9.17) is 10.5 Å². The maximum absolute atomic E-state index is 11.6. The third-order valence-electron chi connectivity index (χ3n) is 1.94. The van der Waals surface area contributed by atoms with Crippen molar-refractivity contribution in [3.8, 4) is 11.8 Å². The van der Waals surface area contributed by atoms with E-state index in [-0.39, 0.29) is 23.3 Å². The minimum Gasteiger partial charge on any atom is -0.461 e. The lowest BCUT2D eigenvalue weighted by Gasteiger charge is -1.97. The Morgan fingerprint density at radius 1 is 1.53 bits per heavy atom. The summed E-state index contributed by atoms with van der Waals surface area (Å²) in [6.07, 6.45) is 0.486. The Balaban J connectivity index is 2.70. The van der Waals surface area contributed by atoms with E-state index in [1.807, 2.05) is 0 Å². The topological polar surface area (TPSA) is 94.3 Å². The van der Waals surface area contributed by atoms with Crippen LogP contribution < -0.4 is 11.1 Å². The summed E-state index contributed by atoms with van der Waals surface area (Å²) in [5.74, 6) is 5.04. The fraction of sp³-hybridized carbons (Fsp3) is 0.417. The van der Waals surface area contributed by atoms with Gasteiger partial charge in [0.25, 0.3) is 0 Å². The number of amides is 1. The van der Waals surface area contributed by atoms with Crippen LogP contribution in [-0.2, 0) is 9.53 Å². The minimum absolute atomic E-state index is 0.101. The molecule has 0 radical (unpaired) electrons. The standard InChI is InChI=1S/C12H15N3O3S/c1-3-18-11(17)10-9(19-12(13)15-10)6-4-5-7-14-8(2)16/h3,5,7H2,1-2H3,(H2,13,15)(H,14,16). The molecule has 7 heteroatoms. The number of nitrogens with one attached hydrogen (secondary N) is 1. The third kappa shape index (κ3) is 4.97. The predicted molar refractivity (Wildman–Crippen MR) is 72.7 cm³/mol. The number of ether oxygens (including phenoxy) is 1. The number of nitrogens with zero attached hydrogens (tertiary/aromatic N) is 1. The molecule has 19 heavy (non-hydrogen) atoms. The van der Waals surface area contributed by atoms with Crippen LogP contribution in [-0.4, -0.2) is 30.0 Å². The molecule has 102 valence electrons. The summed E-state index contributed by atoms with van der Waals surface area (Å²) in [5, 5.41) is 2.90. The summed E-state index contributed by atoms with van der Waals surface area (Å²) in [4.78, 5) is 26.6. The van der Waals surface area contributed by atoms with Gasteiger partial charge in [0.05, 0.1) is 6.61 Å². The summed E-state index contributed by atoms with van der Waals surface area (Å²) in [5.41, 5.74) is 5.71. The molecule has 0 bridgehead atoms. The van der Waals surface area contributed by atoms with E-state index in [1.165, 1.54) is 6.92 Å². The average molecular weight is 281 g/mol. The Hall–Kier alpha value is -2.07. The first-order valence-corrected chi connectivity index (χ1v) is 6.53. The quantitative estimate of drug-likeness (QED) is 0.483. The third-order valence-corrected chi connectivity index (χ3v) is 2.74. The highest BCUT2D eigenvalue weighted by Crippen LogP contribution is 2.20. The highest BCUT2D eigenvalue weighted by atomic mass is 32.1. The molecule has 0 saturated heterocycles. The fourth-order valence-corrected chi connectivity index (χ4v) is 1.90. The Morgan fingerprint density at radius 3 is 2.89 bits per heavy atom. The lowest BCUT2D eigenvalue weighted by atomic mass is 10.3. The van der Waals surface area contributed by atoms with Crippen molar-refractivity contribution in [2.75, 3.05) is 18.9 Å². The molecule has 0 fully saturated rings. The van der Waals surface area contributed by atoms with Crippen LogP contribution in [0, 0.1) is 11.8 Å². The van der Waals surface area contributed by atoms with Crippen molar-refractivity contribution in [3.05, 3.63) is 10.6 Å². The predicted octanol–water partition coefficient (Wildman–Crippen LogP) is 0.780. The largest absolute Gasteiger partial charge is 0.461 e. The number of carbonyl (C=O) groups excluding carboxylic acids is 2. The molecule has 0 aliphatic rings. The number of anilines is 1.